The summed E-state index contributed by atoms with van der Waals surface area (Å²) in [6.07, 6.45) is 3.16. The number of benzene rings is 1. The molecular weight excluding hydrogens is 238 g/mol. The third kappa shape index (κ3) is 2.99. The normalized spacial score (nSPS) is 29.7. The Kier molecular flexibility index (Phi) is 3.87. The predicted octanol–water partition coefficient (Wildman–Crippen LogP) is 2.71. The molecule has 2 aliphatic rings. The van der Waals surface area contributed by atoms with Gasteiger partial charge in [0, 0.05) is 25.4 Å². The van der Waals surface area contributed by atoms with Crippen molar-refractivity contribution in [3.8, 4) is 0 Å². The molecule has 0 radical (unpaired) electrons. The van der Waals surface area contributed by atoms with Crippen LogP contribution in [0.4, 0.5) is 0 Å². The van der Waals surface area contributed by atoms with Crippen molar-refractivity contribution < 1.29 is 9.47 Å². The maximum absolute atomic E-state index is 5.81. The molecule has 1 aliphatic carbocycles. The minimum Gasteiger partial charge on any atom is -0.348 e. The van der Waals surface area contributed by atoms with E-state index >= 15 is 0 Å². The van der Waals surface area contributed by atoms with Crippen molar-refractivity contribution in [3.05, 3.63) is 35.9 Å². The topological polar surface area (TPSA) is 30.5 Å². The average molecular weight is 261 g/mol. The highest BCUT2D eigenvalue weighted by molar-refractivity contribution is 5.14. The summed E-state index contributed by atoms with van der Waals surface area (Å²) < 4.78 is 11.6. The van der Waals surface area contributed by atoms with Crippen LogP contribution in [0.1, 0.15) is 31.7 Å². The Hall–Kier alpha value is -0.900. The Morgan fingerprint density at radius 1 is 1.21 bits per heavy atom. The van der Waals surface area contributed by atoms with Crippen molar-refractivity contribution >= 4 is 0 Å². The lowest BCUT2D eigenvalue weighted by Gasteiger charge is -2.40. The standard InChI is InChI=1S/C16H23NO2/c1-13-11-16(18-9-10-19-16)8-7-15(13)17-12-14-5-3-2-4-6-14/h2-6,13,15,17H,7-12H2,1H3/t13?,15-/m0/s1. The van der Waals surface area contributed by atoms with Crippen molar-refractivity contribution in [2.45, 2.75) is 44.6 Å². The molecule has 0 amide bonds. The predicted molar refractivity (Wildman–Crippen MR) is 74.7 cm³/mol. The first-order valence-electron chi connectivity index (χ1n) is 7.33. The Morgan fingerprint density at radius 2 is 1.95 bits per heavy atom. The summed E-state index contributed by atoms with van der Waals surface area (Å²) in [5.41, 5.74) is 1.35. The van der Waals surface area contributed by atoms with Crippen LogP contribution in [-0.2, 0) is 16.0 Å². The summed E-state index contributed by atoms with van der Waals surface area (Å²) in [6.45, 7) is 4.77. The van der Waals surface area contributed by atoms with E-state index in [-0.39, 0.29) is 5.79 Å². The minimum absolute atomic E-state index is 0.260. The molecule has 0 bridgehead atoms. The third-order valence-corrected chi connectivity index (χ3v) is 4.38. The van der Waals surface area contributed by atoms with E-state index in [9.17, 15) is 0 Å². The van der Waals surface area contributed by atoms with E-state index in [1.807, 2.05) is 0 Å². The highest BCUT2D eigenvalue weighted by atomic mass is 16.7. The molecule has 3 nitrogen and oxygen atoms in total. The molecule has 19 heavy (non-hydrogen) atoms. The molecule has 1 aromatic rings. The number of ether oxygens (including phenoxy) is 2. The van der Waals surface area contributed by atoms with E-state index in [0.29, 0.717) is 12.0 Å². The molecule has 1 N–H and O–H groups in total. The molecule has 3 rings (SSSR count). The monoisotopic (exact) mass is 261 g/mol. The van der Waals surface area contributed by atoms with E-state index in [1.165, 1.54) is 5.56 Å². The van der Waals surface area contributed by atoms with Gasteiger partial charge < -0.3 is 14.8 Å². The first-order chi connectivity index (χ1) is 9.27. The third-order valence-electron chi connectivity index (χ3n) is 4.38. The smallest absolute Gasteiger partial charge is 0.168 e. The summed E-state index contributed by atoms with van der Waals surface area (Å²) >= 11 is 0. The summed E-state index contributed by atoms with van der Waals surface area (Å²) in [6, 6.07) is 11.2. The number of nitrogens with one attached hydrogen (secondary N) is 1. The molecule has 1 aliphatic heterocycles. The van der Waals surface area contributed by atoms with Crippen molar-refractivity contribution in [1.82, 2.24) is 5.32 Å². The van der Waals surface area contributed by atoms with E-state index in [0.717, 1.165) is 39.0 Å². The number of hydrogen-bond donors (Lipinski definition) is 1. The quantitative estimate of drug-likeness (QED) is 0.907. The zero-order valence-electron chi connectivity index (χ0n) is 11.6. The van der Waals surface area contributed by atoms with Crippen LogP contribution in [0.3, 0.4) is 0 Å². The van der Waals surface area contributed by atoms with E-state index in [2.05, 4.69) is 42.6 Å². The van der Waals surface area contributed by atoms with Crippen molar-refractivity contribution in [1.29, 1.82) is 0 Å². The Bertz CT molecular complexity index is 400. The molecule has 1 saturated carbocycles. The van der Waals surface area contributed by atoms with Gasteiger partial charge >= 0.3 is 0 Å². The van der Waals surface area contributed by atoms with Gasteiger partial charge in [0.1, 0.15) is 0 Å². The van der Waals surface area contributed by atoms with Crippen molar-refractivity contribution in [2.75, 3.05) is 13.2 Å². The van der Waals surface area contributed by atoms with Gasteiger partial charge in [-0.15, -0.1) is 0 Å². The first-order valence-corrected chi connectivity index (χ1v) is 7.33. The summed E-state index contributed by atoms with van der Waals surface area (Å²) in [7, 11) is 0. The van der Waals surface area contributed by atoms with Crippen LogP contribution in [0.25, 0.3) is 0 Å². The van der Waals surface area contributed by atoms with Gasteiger partial charge in [-0.2, -0.15) is 0 Å². The lowest BCUT2D eigenvalue weighted by Crippen LogP contribution is -2.46. The highest BCUT2D eigenvalue weighted by Gasteiger charge is 2.43. The molecule has 1 aromatic carbocycles. The lowest BCUT2D eigenvalue weighted by atomic mass is 9.81. The highest BCUT2D eigenvalue weighted by Crippen LogP contribution is 2.38. The molecule has 0 aromatic heterocycles. The maximum Gasteiger partial charge on any atom is 0.168 e. The summed E-state index contributed by atoms with van der Waals surface area (Å²) in [5.74, 6) is 0.334. The van der Waals surface area contributed by atoms with Crippen LogP contribution in [0.5, 0.6) is 0 Å². The van der Waals surface area contributed by atoms with Crippen LogP contribution in [0, 0.1) is 5.92 Å². The van der Waals surface area contributed by atoms with Gasteiger partial charge in [0.25, 0.3) is 0 Å². The van der Waals surface area contributed by atoms with Gasteiger partial charge in [-0.25, -0.2) is 0 Å². The minimum atomic E-state index is -0.260. The molecule has 3 heteroatoms. The molecule has 1 unspecified atom stereocenters. The van der Waals surface area contributed by atoms with Crippen LogP contribution >= 0.6 is 0 Å². The summed E-state index contributed by atoms with van der Waals surface area (Å²) in [4.78, 5) is 0. The average Bonchev–Trinajstić information content (AvgIpc) is 2.87. The molecular formula is C16H23NO2. The molecule has 1 saturated heterocycles. The fourth-order valence-corrected chi connectivity index (χ4v) is 3.30. The Labute approximate surface area is 115 Å². The van der Waals surface area contributed by atoms with Gasteiger partial charge in [-0.3, -0.25) is 0 Å². The molecule has 2 atom stereocenters. The largest absolute Gasteiger partial charge is 0.348 e. The van der Waals surface area contributed by atoms with Crippen molar-refractivity contribution in [2.24, 2.45) is 5.92 Å². The fourth-order valence-electron chi connectivity index (χ4n) is 3.30. The second kappa shape index (κ2) is 5.61. The SMILES string of the molecule is CC1CC2(CC[C@@H]1NCc1ccccc1)OCCO2. The molecule has 1 spiro atoms. The van der Waals surface area contributed by atoms with Crippen LogP contribution in [0.2, 0.25) is 0 Å². The molecule has 1 heterocycles. The van der Waals surface area contributed by atoms with Gasteiger partial charge in [-0.05, 0) is 17.9 Å². The van der Waals surface area contributed by atoms with E-state index in [4.69, 9.17) is 9.47 Å². The zero-order valence-corrected chi connectivity index (χ0v) is 11.6. The second-order valence-corrected chi connectivity index (χ2v) is 5.80. The summed E-state index contributed by atoms with van der Waals surface area (Å²) in [5, 5.41) is 3.68. The van der Waals surface area contributed by atoms with Gasteiger partial charge in [0.15, 0.2) is 5.79 Å². The van der Waals surface area contributed by atoms with Crippen molar-refractivity contribution in [3.63, 3.8) is 0 Å². The number of hydrogen-bond acceptors (Lipinski definition) is 3. The van der Waals surface area contributed by atoms with Gasteiger partial charge in [-0.1, -0.05) is 37.3 Å². The maximum atomic E-state index is 5.81. The Morgan fingerprint density at radius 3 is 2.63 bits per heavy atom. The van der Waals surface area contributed by atoms with E-state index < -0.39 is 0 Å². The van der Waals surface area contributed by atoms with Gasteiger partial charge in [0.05, 0.1) is 13.2 Å². The molecule has 2 fully saturated rings. The van der Waals surface area contributed by atoms with Gasteiger partial charge in [0.2, 0.25) is 0 Å². The Balaban J connectivity index is 1.53. The molecule has 104 valence electrons. The fraction of sp³-hybridized carbons (Fsp3) is 0.625. The first kappa shape index (κ1) is 13.1. The van der Waals surface area contributed by atoms with E-state index in [1.54, 1.807) is 0 Å². The van der Waals surface area contributed by atoms with Crippen LogP contribution in [-0.4, -0.2) is 25.0 Å². The second-order valence-electron chi connectivity index (χ2n) is 5.80. The zero-order chi connectivity index (χ0) is 13.1. The van der Waals surface area contributed by atoms with Crippen LogP contribution < -0.4 is 5.32 Å². The lowest BCUT2D eigenvalue weighted by molar-refractivity contribution is -0.189. The van der Waals surface area contributed by atoms with Crippen LogP contribution in [0.15, 0.2) is 30.3 Å². The number of rotatable bonds is 3.